The number of aromatic nitrogens is 1. The fourth-order valence-electron chi connectivity index (χ4n) is 2.34. The minimum absolute atomic E-state index is 0.0198. The lowest BCUT2D eigenvalue weighted by Gasteiger charge is -2.33. The molecule has 0 radical (unpaired) electrons. The van der Waals surface area contributed by atoms with Crippen molar-refractivity contribution in [3.63, 3.8) is 0 Å². The van der Waals surface area contributed by atoms with Gasteiger partial charge in [0.1, 0.15) is 0 Å². The Hall–Kier alpha value is -1.98. The number of amides is 2. The molecule has 0 aliphatic carbocycles. The summed E-state index contributed by atoms with van der Waals surface area (Å²) in [5.41, 5.74) is 2.58. The summed E-state index contributed by atoms with van der Waals surface area (Å²) in [6.45, 7) is 5.93. The molecule has 0 bridgehead atoms. The van der Waals surface area contributed by atoms with Gasteiger partial charge in [-0.3, -0.25) is 4.79 Å². The minimum Gasteiger partial charge on any atom is -0.453 e. The Kier molecular flexibility index (Phi) is 3.78. The zero-order valence-electron chi connectivity index (χ0n) is 11.5. The molecule has 1 N–H and O–H groups in total. The largest absolute Gasteiger partial charge is 0.453 e. The second-order valence-corrected chi connectivity index (χ2v) is 4.74. The zero-order valence-corrected chi connectivity index (χ0v) is 11.5. The monoisotopic (exact) mass is 265 g/mol. The van der Waals surface area contributed by atoms with Crippen molar-refractivity contribution in [1.82, 2.24) is 14.8 Å². The van der Waals surface area contributed by atoms with Crippen molar-refractivity contribution in [2.75, 3.05) is 33.3 Å². The van der Waals surface area contributed by atoms with Gasteiger partial charge in [-0.1, -0.05) is 0 Å². The van der Waals surface area contributed by atoms with Crippen LogP contribution < -0.4 is 0 Å². The maximum Gasteiger partial charge on any atom is 0.409 e. The summed E-state index contributed by atoms with van der Waals surface area (Å²) in [6.07, 6.45) is -0.333. The Labute approximate surface area is 112 Å². The molecule has 19 heavy (non-hydrogen) atoms. The number of H-pyrrole nitrogens is 1. The van der Waals surface area contributed by atoms with Gasteiger partial charge < -0.3 is 19.5 Å². The first kappa shape index (κ1) is 13.5. The van der Waals surface area contributed by atoms with E-state index in [0.717, 1.165) is 11.4 Å². The average Bonchev–Trinajstić information content (AvgIpc) is 2.76. The summed E-state index contributed by atoms with van der Waals surface area (Å²) in [6, 6.07) is 1.87. The number of nitrogens with zero attached hydrogens (tertiary/aromatic N) is 2. The van der Waals surface area contributed by atoms with Crippen molar-refractivity contribution in [3.8, 4) is 0 Å². The Bertz CT molecular complexity index is 487. The lowest BCUT2D eigenvalue weighted by molar-refractivity contribution is 0.0599. The number of carbonyl (C=O) groups excluding carboxylic acids is 2. The topological polar surface area (TPSA) is 65.6 Å². The minimum atomic E-state index is -0.333. The number of hydrogen-bond acceptors (Lipinski definition) is 3. The normalized spacial score (nSPS) is 15.5. The van der Waals surface area contributed by atoms with E-state index in [2.05, 4.69) is 9.72 Å². The lowest BCUT2D eigenvalue weighted by Crippen LogP contribution is -2.50. The first-order valence-corrected chi connectivity index (χ1v) is 6.31. The molecule has 2 rings (SSSR count). The van der Waals surface area contributed by atoms with Crippen LogP contribution in [0.15, 0.2) is 6.07 Å². The fraction of sp³-hybridized carbons (Fsp3) is 0.538. The summed E-state index contributed by atoms with van der Waals surface area (Å²) >= 11 is 0. The second kappa shape index (κ2) is 5.34. The molecule has 1 aromatic rings. The Morgan fingerprint density at radius 3 is 2.21 bits per heavy atom. The van der Waals surface area contributed by atoms with Crippen LogP contribution in [-0.4, -0.2) is 60.1 Å². The van der Waals surface area contributed by atoms with Crippen LogP contribution >= 0.6 is 0 Å². The molecular formula is C13H19N3O3. The molecule has 1 aliphatic heterocycles. The van der Waals surface area contributed by atoms with Gasteiger partial charge in [-0.25, -0.2) is 4.79 Å². The number of piperazine rings is 1. The molecule has 1 aromatic heterocycles. The fourth-order valence-corrected chi connectivity index (χ4v) is 2.34. The third kappa shape index (κ3) is 2.72. The van der Waals surface area contributed by atoms with Gasteiger partial charge >= 0.3 is 6.09 Å². The van der Waals surface area contributed by atoms with Crippen molar-refractivity contribution in [2.45, 2.75) is 13.8 Å². The van der Waals surface area contributed by atoms with E-state index in [1.165, 1.54) is 7.11 Å². The zero-order chi connectivity index (χ0) is 14.0. The van der Waals surface area contributed by atoms with Gasteiger partial charge in [-0.15, -0.1) is 0 Å². The van der Waals surface area contributed by atoms with Crippen LogP contribution in [-0.2, 0) is 4.74 Å². The second-order valence-electron chi connectivity index (χ2n) is 4.74. The highest BCUT2D eigenvalue weighted by Crippen LogP contribution is 2.14. The molecule has 1 aliphatic rings. The molecule has 1 saturated heterocycles. The molecule has 104 valence electrons. The lowest BCUT2D eigenvalue weighted by atomic mass is 10.2. The van der Waals surface area contributed by atoms with E-state index >= 15 is 0 Å². The number of aromatic amines is 1. The van der Waals surface area contributed by atoms with Gasteiger partial charge in [0.25, 0.3) is 5.91 Å². The first-order chi connectivity index (χ1) is 9.02. The molecule has 6 heteroatoms. The van der Waals surface area contributed by atoms with E-state index in [0.29, 0.717) is 31.7 Å². The third-order valence-electron chi connectivity index (χ3n) is 3.38. The van der Waals surface area contributed by atoms with Crippen molar-refractivity contribution < 1.29 is 14.3 Å². The van der Waals surface area contributed by atoms with Gasteiger partial charge in [-0.2, -0.15) is 0 Å². The molecule has 2 amide bonds. The molecule has 0 saturated carbocycles. The summed E-state index contributed by atoms with van der Waals surface area (Å²) < 4.78 is 4.67. The molecule has 2 heterocycles. The van der Waals surface area contributed by atoms with E-state index in [9.17, 15) is 9.59 Å². The van der Waals surface area contributed by atoms with Crippen molar-refractivity contribution in [1.29, 1.82) is 0 Å². The van der Waals surface area contributed by atoms with E-state index in [1.54, 1.807) is 9.80 Å². The molecule has 0 atom stereocenters. The first-order valence-electron chi connectivity index (χ1n) is 6.31. The van der Waals surface area contributed by atoms with Gasteiger partial charge in [-0.05, 0) is 19.9 Å². The van der Waals surface area contributed by atoms with Gasteiger partial charge in [0.15, 0.2) is 0 Å². The smallest absolute Gasteiger partial charge is 0.409 e. The Balaban J connectivity index is 2.00. The summed E-state index contributed by atoms with van der Waals surface area (Å²) in [4.78, 5) is 30.2. The van der Waals surface area contributed by atoms with Crippen LogP contribution in [0.25, 0.3) is 0 Å². The molecule has 1 fully saturated rings. The highest BCUT2D eigenvalue weighted by Gasteiger charge is 2.26. The number of nitrogens with one attached hydrogen (secondary N) is 1. The van der Waals surface area contributed by atoms with Gasteiger partial charge in [0, 0.05) is 37.6 Å². The van der Waals surface area contributed by atoms with Gasteiger partial charge in [0.05, 0.1) is 12.7 Å². The molecule has 0 aromatic carbocycles. The SMILES string of the molecule is COC(=O)N1CCN(C(=O)c2cc(C)[nH]c2C)CC1. The predicted octanol–water partition coefficient (Wildman–Crippen LogP) is 1.16. The third-order valence-corrected chi connectivity index (χ3v) is 3.38. The molecule has 0 unspecified atom stereocenters. The number of carbonyl (C=O) groups is 2. The van der Waals surface area contributed by atoms with Crippen LogP contribution in [0.3, 0.4) is 0 Å². The Morgan fingerprint density at radius 2 is 1.74 bits per heavy atom. The predicted molar refractivity (Wildman–Crippen MR) is 70.1 cm³/mol. The molecule has 6 nitrogen and oxygen atoms in total. The maximum absolute atomic E-state index is 12.4. The van der Waals surface area contributed by atoms with Crippen molar-refractivity contribution in [3.05, 3.63) is 23.0 Å². The standard InChI is InChI=1S/C13H19N3O3/c1-9-8-11(10(2)14-9)12(17)15-4-6-16(7-5-15)13(18)19-3/h8,14H,4-7H2,1-3H3. The van der Waals surface area contributed by atoms with Crippen LogP contribution in [0.1, 0.15) is 21.7 Å². The van der Waals surface area contributed by atoms with Gasteiger partial charge in [0.2, 0.25) is 0 Å². The van der Waals surface area contributed by atoms with E-state index in [1.807, 2.05) is 19.9 Å². The van der Waals surface area contributed by atoms with Crippen LogP contribution in [0, 0.1) is 13.8 Å². The summed E-state index contributed by atoms with van der Waals surface area (Å²) in [5.74, 6) is 0.0198. The average molecular weight is 265 g/mol. The quantitative estimate of drug-likeness (QED) is 0.828. The Morgan fingerprint density at radius 1 is 1.16 bits per heavy atom. The highest BCUT2D eigenvalue weighted by molar-refractivity contribution is 5.95. The molecular weight excluding hydrogens is 246 g/mol. The summed E-state index contributed by atoms with van der Waals surface area (Å²) in [5, 5.41) is 0. The van der Waals surface area contributed by atoms with Crippen molar-refractivity contribution in [2.24, 2.45) is 0 Å². The van der Waals surface area contributed by atoms with E-state index in [-0.39, 0.29) is 12.0 Å². The number of hydrogen-bond donors (Lipinski definition) is 1. The maximum atomic E-state index is 12.4. The van der Waals surface area contributed by atoms with Crippen LogP contribution in [0.5, 0.6) is 0 Å². The summed E-state index contributed by atoms with van der Waals surface area (Å²) in [7, 11) is 1.37. The molecule has 0 spiro atoms. The number of rotatable bonds is 1. The number of aryl methyl sites for hydroxylation is 2. The number of ether oxygens (including phenoxy) is 1. The van der Waals surface area contributed by atoms with Crippen LogP contribution in [0.2, 0.25) is 0 Å². The van der Waals surface area contributed by atoms with Crippen LogP contribution in [0.4, 0.5) is 4.79 Å². The highest BCUT2D eigenvalue weighted by atomic mass is 16.5. The van der Waals surface area contributed by atoms with E-state index in [4.69, 9.17) is 0 Å². The van der Waals surface area contributed by atoms with E-state index < -0.39 is 0 Å². The van der Waals surface area contributed by atoms with Crippen molar-refractivity contribution >= 4 is 12.0 Å². The number of methoxy groups -OCH3 is 1.